The molecular formula is C10H9F3O4. The van der Waals surface area contributed by atoms with Gasteiger partial charge in [-0.15, -0.1) is 0 Å². The molecule has 0 radical (unpaired) electrons. The van der Waals surface area contributed by atoms with Crippen LogP contribution in [0.1, 0.15) is 10.4 Å². The quantitative estimate of drug-likeness (QED) is 0.891. The number of methoxy groups -OCH3 is 1. The summed E-state index contributed by atoms with van der Waals surface area (Å²) < 4.78 is 45.1. The SMILES string of the molecule is COc1c(OCC(F)(F)F)cccc1C(=O)O. The third-order valence-electron chi connectivity index (χ3n) is 1.80. The second kappa shape index (κ2) is 4.94. The van der Waals surface area contributed by atoms with E-state index in [4.69, 9.17) is 9.84 Å². The minimum absolute atomic E-state index is 0.232. The van der Waals surface area contributed by atoms with Gasteiger partial charge >= 0.3 is 12.1 Å². The minimum Gasteiger partial charge on any atom is -0.492 e. The summed E-state index contributed by atoms with van der Waals surface area (Å²) in [6.45, 7) is -1.51. The smallest absolute Gasteiger partial charge is 0.422 e. The number of benzene rings is 1. The van der Waals surface area contributed by atoms with Gasteiger partial charge in [-0.25, -0.2) is 4.79 Å². The first kappa shape index (κ1) is 13.1. The lowest BCUT2D eigenvalue weighted by Crippen LogP contribution is -2.19. The zero-order chi connectivity index (χ0) is 13.1. The fraction of sp³-hybridized carbons (Fsp3) is 0.300. The van der Waals surface area contributed by atoms with Crippen LogP contribution in [0.5, 0.6) is 11.5 Å². The number of alkyl halides is 3. The van der Waals surface area contributed by atoms with E-state index >= 15 is 0 Å². The van der Waals surface area contributed by atoms with Crippen LogP contribution in [0.25, 0.3) is 0 Å². The van der Waals surface area contributed by atoms with Gasteiger partial charge in [0.2, 0.25) is 0 Å². The Morgan fingerprint density at radius 3 is 2.53 bits per heavy atom. The molecule has 7 heteroatoms. The van der Waals surface area contributed by atoms with Gasteiger partial charge < -0.3 is 14.6 Å². The van der Waals surface area contributed by atoms with Crippen LogP contribution in [0, 0.1) is 0 Å². The Morgan fingerprint density at radius 1 is 1.41 bits per heavy atom. The topological polar surface area (TPSA) is 55.8 Å². The average Bonchev–Trinajstić information content (AvgIpc) is 2.24. The third kappa shape index (κ3) is 3.54. The largest absolute Gasteiger partial charge is 0.492 e. The highest BCUT2D eigenvalue weighted by Crippen LogP contribution is 2.32. The molecular weight excluding hydrogens is 241 g/mol. The zero-order valence-electron chi connectivity index (χ0n) is 8.75. The molecule has 0 saturated carbocycles. The summed E-state index contributed by atoms with van der Waals surface area (Å²) in [4.78, 5) is 10.8. The number of aromatic carboxylic acids is 1. The molecule has 1 aromatic rings. The summed E-state index contributed by atoms with van der Waals surface area (Å²) >= 11 is 0. The summed E-state index contributed by atoms with van der Waals surface area (Å²) in [5.41, 5.74) is -0.257. The van der Waals surface area contributed by atoms with Gasteiger partial charge in [-0.3, -0.25) is 0 Å². The van der Waals surface area contributed by atoms with Crippen LogP contribution in [0.3, 0.4) is 0 Å². The molecule has 0 amide bonds. The maximum Gasteiger partial charge on any atom is 0.422 e. The standard InChI is InChI=1S/C10H9F3O4/c1-16-8-6(9(14)15)3-2-4-7(8)17-5-10(11,12)13/h2-4H,5H2,1H3,(H,14,15). The molecule has 0 fully saturated rings. The van der Waals surface area contributed by atoms with Gasteiger partial charge in [-0.2, -0.15) is 13.2 Å². The third-order valence-corrected chi connectivity index (χ3v) is 1.80. The van der Waals surface area contributed by atoms with Crippen molar-refractivity contribution < 1.29 is 32.5 Å². The predicted octanol–water partition coefficient (Wildman–Crippen LogP) is 2.33. The number of hydrogen-bond donors (Lipinski definition) is 1. The predicted molar refractivity (Wildman–Crippen MR) is 51.5 cm³/mol. The normalized spacial score (nSPS) is 11.1. The van der Waals surface area contributed by atoms with Gasteiger partial charge in [0.1, 0.15) is 5.56 Å². The highest BCUT2D eigenvalue weighted by atomic mass is 19.4. The fourth-order valence-corrected chi connectivity index (χ4v) is 1.17. The second-order valence-corrected chi connectivity index (χ2v) is 3.05. The van der Waals surface area contributed by atoms with Crippen LogP contribution < -0.4 is 9.47 Å². The summed E-state index contributed by atoms with van der Waals surface area (Å²) in [5, 5.41) is 8.79. The minimum atomic E-state index is -4.50. The average molecular weight is 250 g/mol. The second-order valence-electron chi connectivity index (χ2n) is 3.05. The van der Waals surface area contributed by atoms with Crippen molar-refractivity contribution in [1.29, 1.82) is 0 Å². The molecule has 0 saturated heterocycles. The fourth-order valence-electron chi connectivity index (χ4n) is 1.17. The maximum atomic E-state index is 12.0. The van der Waals surface area contributed by atoms with E-state index in [1.165, 1.54) is 18.2 Å². The molecule has 1 N–H and O–H groups in total. The highest BCUT2D eigenvalue weighted by Gasteiger charge is 2.29. The molecule has 0 aliphatic rings. The van der Waals surface area contributed by atoms with Gasteiger partial charge in [0.25, 0.3) is 0 Å². The molecule has 4 nitrogen and oxygen atoms in total. The summed E-state index contributed by atoms with van der Waals surface area (Å²) in [5.74, 6) is -1.80. The Kier molecular flexibility index (Phi) is 3.82. The van der Waals surface area contributed by atoms with Crippen molar-refractivity contribution in [1.82, 2.24) is 0 Å². The molecule has 1 rings (SSSR count). The lowest BCUT2D eigenvalue weighted by Gasteiger charge is -2.13. The molecule has 0 unspecified atom stereocenters. The number of hydrogen-bond acceptors (Lipinski definition) is 3. The van der Waals surface area contributed by atoms with Gasteiger partial charge in [0.05, 0.1) is 7.11 Å². The Morgan fingerprint density at radius 2 is 2.06 bits per heavy atom. The lowest BCUT2D eigenvalue weighted by molar-refractivity contribution is -0.153. The summed E-state index contributed by atoms with van der Waals surface area (Å²) in [6, 6.07) is 3.69. The van der Waals surface area contributed by atoms with E-state index < -0.39 is 18.8 Å². The molecule has 0 aromatic heterocycles. The van der Waals surface area contributed by atoms with Crippen LogP contribution in [0.15, 0.2) is 18.2 Å². The summed E-state index contributed by atoms with van der Waals surface area (Å²) in [7, 11) is 1.15. The Bertz CT molecular complexity index is 415. The van der Waals surface area contributed by atoms with Crippen LogP contribution in [-0.4, -0.2) is 31.0 Å². The first-order valence-corrected chi connectivity index (χ1v) is 4.45. The molecule has 0 aliphatic heterocycles. The number of carbonyl (C=O) groups is 1. The van der Waals surface area contributed by atoms with E-state index in [1.54, 1.807) is 0 Å². The van der Waals surface area contributed by atoms with Crippen LogP contribution in [0.2, 0.25) is 0 Å². The monoisotopic (exact) mass is 250 g/mol. The number of carboxylic acid groups (broad SMARTS) is 1. The van der Waals surface area contributed by atoms with E-state index in [9.17, 15) is 18.0 Å². The summed E-state index contributed by atoms with van der Waals surface area (Å²) in [6.07, 6.45) is -4.50. The van der Waals surface area contributed by atoms with Crippen LogP contribution in [0.4, 0.5) is 13.2 Å². The molecule has 0 bridgehead atoms. The van der Waals surface area contributed by atoms with Crippen molar-refractivity contribution in [3.05, 3.63) is 23.8 Å². The van der Waals surface area contributed by atoms with E-state index in [-0.39, 0.29) is 17.1 Å². The molecule has 1 aromatic carbocycles. The molecule has 0 heterocycles. The Labute approximate surface area is 94.6 Å². The zero-order valence-corrected chi connectivity index (χ0v) is 8.75. The first-order valence-electron chi connectivity index (χ1n) is 4.45. The van der Waals surface area contributed by atoms with E-state index in [2.05, 4.69) is 4.74 Å². The molecule has 94 valence electrons. The van der Waals surface area contributed by atoms with E-state index in [1.807, 2.05) is 0 Å². The number of rotatable bonds is 4. The van der Waals surface area contributed by atoms with Crippen molar-refractivity contribution in [2.45, 2.75) is 6.18 Å². The number of ether oxygens (including phenoxy) is 2. The number of halogens is 3. The van der Waals surface area contributed by atoms with Crippen molar-refractivity contribution in [2.24, 2.45) is 0 Å². The Hall–Kier alpha value is -1.92. The maximum absolute atomic E-state index is 12.0. The number of para-hydroxylation sites is 1. The van der Waals surface area contributed by atoms with Crippen molar-refractivity contribution in [2.75, 3.05) is 13.7 Å². The van der Waals surface area contributed by atoms with Gasteiger partial charge in [-0.05, 0) is 12.1 Å². The highest BCUT2D eigenvalue weighted by molar-refractivity contribution is 5.92. The van der Waals surface area contributed by atoms with Gasteiger partial charge in [0, 0.05) is 0 Å². The first-order chi connectivity index (χ1) is 7.85. The van der Waals surface area contributed by atoms with Crippen molar-refractivity contribution in [3.8, 4) is 11.5 Å². The van der Waals surface area contributed by atoms with Gasteiger partial charge in [-0.1, -0.05) is 6.07 Å². The Balaban J connectivity index is 2.99. The molecule has 0 spiro atoms. The van der Waals surface area contributed by atoms with Crippen molar-refractivity contribution in [3.63, 3.8) is 0 Å². The number of carboxylic acids is 1. The van der Waals surface area contributed by atoms with Crippen LogP contribution >= 0.6 is 0 Å². The van der Waals surface area contributed by atoms with E-state index in [0.29, 0.717) is 0 Å². The van der Waals surface area contributed by atoms with E-state index in [0.717, 1.165) is 7.11 Å². The molecule has 0 atom stereocenters. The molecule has 17 heavy (non-hydrogen) atoms. The van der Waals surface area contributed by atoms with Crippen molar-refractivity contribution >= 4 is 5.97 Å². The van der Waals surface area contributed by atoms with Crippen LogP contribution in [-0.2, 0) is 0 Å². The van der Waals surface area contributed by atoms with Gasteiger partial charge in [0.15, 0.2) is 18.1 Å². The molecule has 0 aliphatic carbocycles. The lowest BCUT2D eigenvalue weighted by atomic mass is 10.2.